The van der Waals surface area contributed by atoms with Crippen LogP contribution in [-0.4, -0.2) is 22.6 Å². The van der Waals surface area contributed by atoms with Crippen molar-refractivity contribution >= 4 is 11.9 Å². The Labute approximate surface area is 137 Å². The van der Waals surface area contributed by atoms with Gasteiger partial charge in [-0.05, 0) is 75.5 Å². The molecule has 0 amide bonds. The minimum Gasteiger partial charge on any atom is -0.481 e. The Morgan fingerprint density at radius 3 is 2.00 bits per heavy atom. The highest BCUT2D eigenvalue weighted by atomic mass is 16.6. The van der Waals surface area contributed by atoms with E-state index in [1.807, 2.05) is 12.2 Å². The molecule has 126 valence electrons. The predicted molar refractivity (Wildman–Crippen MR) is 84.5 cm³/mol. The molecule has 0 aromatic heterocycles. The van der Waals surface area contributed by atoms with Gasteiger partial charge in [0.25, 0.3) is 0 Å². The molecule has 0 spiro atoms. The third-order valence-electron chi connectivity index (χ3n) is 7.13. The van der Waals surface area contributed by atoms with Crippen molar-refractivity contribution in [1.82, 2.24) is 0 Å². The lowest BCUT2D eigenvalue weighted by Crippen LogP contribution is -2.58. The van der Waals surface area contributed by atoms with E-state index < -0.39 is 17.8 Å². The van der Waals surface area contributed by atoms with Crippen molar-refractivity contribution in [3.05, 3.63) is 12.2 Å². The van der Waals surface area contributed by atoms with E-state index in [9.17, 15) is 14.7 Å². The summed E-state index contributed by atoms with van der Waals surface area (Å²) in [4.78, 5) is 24.2. The summed E-state index contributed by atoms with van der Waals surface area (Å²) in [6, 6.07) is 0. The summed E-state index contributed by atoms with van der Waals surface area (Å²) in [6.07, 6.45) is 10.8. The number of rotatable bonds is 3. The maximum Gasteiger partial charge on any atom is 0.310 e. The van der Waals surface area contributed by atoms with Gasteiger partial charge in [0.15, 0.2) is 0 Å². The lowest BCUT2D eigenvalue weighted by atomic mass is 9.50. The van der Waals surface area contributed by atoms with Gasteiger partial charge >= 0.3 is 11.9 Å². The Morgan fingerprint density at radius 1 is 0.957 bits per heavy atom. The van der Waals surface area contributed by atoms with Crippen LogP contribution in [0.15, 0.2) is 12.2 Å². The molecule has 0 heterocycles. The molecule has 0 aliphatic heterocycles. The average Bonchev–Trinajstić information content (AvgIpc) is 2.52. The second kappa shape index (κ2) is 5.35. The van der Waals surface area contributed by atoms with Crippen molar-refractivity contribution in [3.63, 3.8) is 0 Å². The first-order valence-corrected chi connectivity index (χ1v) is 9.08. The van der Waals surface area contributed by atoms with Gasteiger partial charge in [-0.25, -0.2) is 0 Å². The molecule has 2 atom stereocenters. The standard InChI is InChI=1S/C19H26O4/c1-19(13-7-11-6-12(9-13)10-14(19)8-11)23-18(22)16-5-3-2-4-15(16)17(20)21/h2-3,11-16H,4-10H2,1H3,(H,20,21). The Morgan fingerprint density at radius 2 is 1.48 bits per heavy atom. The van der Waals surface area contributed by atoms with Crippen LogP contribution in [0, 0.1) is 35.5 Å². The normalized spacial score (nSPS) is 47.5. The van der Waals surface area contributed by atoms with Crippen molar-refractivity contribution in [2.75, 3.05) is 0 Å². The number of hydrogen-bond donors (Lipinski definition) is 1. The number of ether oxygens (including phenoxy) is 1. The van der Waals surface area contributed by atoms with Gasteiger partial charge in [-0.15, -0.1) is 0 Å². The number of carboxylic acids is 1. The minimum absolute atomic E-state index is 0.281. The monoisotopic (exact) mass is 318 g/mol. The Balaban J connectivity index is 1.52. The van der Waals surface area contributed by atoms with Crippen molar-refractivity contribution in [1.29, 1.82) is 0 Å². The van der Waals surface area contributed by atoms with Gasteiger partial charge in [-0.1, -0.05) is 12.2 Å². The summed E-state index contributed by atoms with van der Waals surface area (Å²) in [5, 5.41) is 9.39. The molecule has 0 aromatic carbocycles. The highest BCUT2D eigenvalue weighted by molar-refractivity contribution is 5.82. The largest absolute Gasteiger partial charge is 0.481 e. The van der Waals surface area contributed by atoms with Crippen LogP contribution in [0.1, 0.15) is 51.9 Å². The summed E-state index contributed by atoms with van der Waals surface area (Å²) < 4.78 is 6.10. The second-order valence-corrected chi connectivity index (χ2v) is 8.40. The van der Waals surface area contributed by atoms with Crippen LogP contribution in [0.4, 0.5) is 0 Å². The molecule has 4 heteroatoms. The van der Waals surface area contributed by atoms with Gasteiger partial charge in [-0.3, -0.25) is 9.59 Å². The number of hydrogen-bond acceptors (Lipinski definition) is 3. The van der Waals surface area contributed by atoms with Crippen molar-refractivity contribution in [2.24, 2.45) is 35.5 Å². The molecular weight excluding hydrogens is 292 g/mol. The minimum atomic E-state index is -0.883. The molecule has 4 saturated carbocycles. The van der Waals surface area contributed by atoms with E-state index in [-0.39, 0.29) is 11.6 Å². The van der Waals surface area contributed by atoms with E-state index in [2.05, 4.69) is 6.92 Å². The van der Waals surface area contributed by atoms with Crippen molar-refractivity contribution in [2.45, 2.75) is 57.5 Å². The van der Waals surface area contributed by atoms with E-state index in [0.29, 0.717) is 24.7 Å². The Bertz CT molecular complexity index is 522. The maximum absolute atomic E-state index is 12.8. The Hall–Kier alpha value is -1.32. The zero-order valence-corrected chi connectivity index (χ0v) is 13.7. The van der Waals surface area contributed by atoms with Crippen LogP contribution < -0.4 is 0 Å². The number of carbonyl (C=O) groups excluding carboxylic acids is 1. The summed E-state index contributed by atoms with van der Waals surface area (Å²) in [6.45, 7) is 2.12. The Kier molecular flexibility index (Phi) is 3.54. The number of aliphatic carboxylic acids is 1. The number of allylic oxidation sites excluding steroid dienone is 2. The van der Waals surface area contributed by atoms with E-state index >= 15 is 0 Å². The van der Waals surface area contributed by atoms with Gasteiger partial charge in [0.1, 0.15) is 5.60 Å². The smallest absolute Gasteiger partial charge is 0.310 e. The summed E-state index contributed by atoms with van der Waals surface area (Å²) in [5.41, 5.74) is -0.366. The topological polar surface area (TPSA) is 63.6 Å². The van der Waals surface area contributed by atoms with Gasteiger partial charge in [0, 0.05) is 0 Å². The molecular formula is C19H26O4. The van der Waals surface area contributed by atoms with Crippen LogP contribution >= 0.6 is 0 Å². The average molecular weight is 318 g/mol. The van der Waals surface area contributed by atoms with Crippen LogP contribution in [0.2, 0.25) is 0 Å². The molecule has 4 fully saturated rings. The second-order valence-electron chi connectivity index (χ2n) is 8.40. The molecule has 0 aromatic rings. The molecule has 0 radical (unpaired) electrons. The molecule has 5 aliphatic carbocycles. The lowest BCUT2D eigenvalue weighted by molar-refractivity contribution is -0.209. The number of carbonyl (C=O) groups is 2. The van der Waals surface area contributed by atoms with Crippen LogP contribution in [0.25, 0.3) is 0 Å². The molecule has 4 nitrogen and oxygen atoms in total. The summed E-state index contributed by atoms with van der Waals surface area (Å²) in [5.74, 6) is 0.292. The van der Waals surface area contributed by atoms with Gasteiger partial charge < -0.3 is 9.84 Å². The first-order valence-electron chi connectivity index (χ1n) is 9.08. The first-order chi connectivity index (χ1) is 11.0. The predicted octanol–water partition coefficient (Wildman–Crippen LogP) is 3.41. The van der Waals surface area contributed by atoms with Gasteiger partial charge in [-0.2, -0.15) is 0 Å². The van der Waals surface area contributed by atoms with Crippen LogP contribution in [0.5, 0.6) is 0 Å². The highest BCUT2D eigenvalue weighted by Gasteiger charge is 2.57. The molecule has 5 aliphatic rings. The molecule has 4 bridgehead atoms. The van der Waals surface area contributed by atoms with Crippen LogP contribution in [0.3, 0.4) is 0 Å². The quantitative estimate of drug-likeness (QED) is 0.640. The van der Waals surface area contributed by atoms with E-state index in [4.69, 9.17) is 4.74 Å². The van der Waals surface area contributed by atoms with E-state index in [1.165, 1.54) is 32.1 Å². The third kappa shape index (κ3) is 2.41. The summed E-state index contributed by atoms with van der Waals surface area (Å²) in [7, 11) is 0. The molecule has 1 N–H and O–H groups in total. The number of esters is 1. The molecule has 5 rings (SSSR count). The fourth-order valence-electron chi connectivity index (χ4n) is 5.93. The number of carboxylic acid groups (broad SMARTS) is 1. The van der Waals surface area contributed by atoms with E-state index in [0.717, 1.165) is 11.8 Å². The SMILES string of the molecule is CC1(OC(=O)C2CC=CCC2C(=O)O)C2CC3CC(C2)CC1C3. The van der Waals surface area contributed by atoms with E-state index in [1.54, 1.807) is 0 Å². The fourth-order valence-corrected chi connectivity index (χ4v) is 5.93. The summed E-state index contributed by atoms with van der Waals surface area (Å²) >= 11 is 0. The van der Waals surface area contributed by atoms with Gasteiger partial charge in [0.2, 0.25) is 0 Å². The highest BCUT2D eigenvalue weighted by Crippen LogP contribution is 2.59. The first kappa shape index (κ1) is 15.2. The molecule has 23 heavy (non-hydrogen) atoms. The third-order valence-corrected chi connectivity index (χ3v) is 7.13. The van der Waals surface area contributed by atoms with Gasteiger partial charge in [0.05, 0.1) is 11.8 Å². The van der Waals surface area contributed by atoms with Crippen LogP contribution in [-0.2, 0) is 14.3 Å². The zero-order chi connectivity index (χ0) is 16.2. The lowest BCUT2D eigenvalue weighted by Gasteiger charge is -2.59. The maximum atomic E-state index is 12.8. The fraction of sp³-hybridized carbons (Fsp3) is 0.789. The molecule has 0 saturated heterocycles. The van der Waals surface area contributed by atoms with Crippen molar-refractivity contribution in [3.8, 4) is 0 Å². The zero-order valence-electron chi connectivity index (χ0n) is 13.7. The van der Waals surface area contributed by atoms with Crippen molar-refractivity contribution < 1.29 is 19.4 Å². The molecule has 2 unspecified atom stereocenters.